The standard InChI is InChI=1S/C22H24F3N3O2/c1-15(28(2)14-16-7-4-3-5-8-16)11-12-26-21(29)19-13-17-18(27-19)9-6-10-20(17)30-22(23,24)25/h3-10,13,15,27H,11-12,14H2,1-2H3,(H,26,29). The second-order valence-corrected chi connectivity index (χ2v) is 7.24. The molecule has 3 aromatic rings. The summed E-state index contributed by atoms with van der Waals surface area (Å²) in [5.74, 6) is -0.714. The number of aromatic amines is 1. The highest BCUT2D eigenvalue weighted by atomic mass is 19.4. The first-order valence-corrected chi connectivity index (χ1v) is 9.63. The van der Waals surface area contributed by atoms with E-state index in [4.69, 9.17) is 0 Å². The molecule has 30 heavy (non-hydrogen) atoms. The van der Waals surface area contributed by atoms with Crippen LogP contribution in [0, 0.1) is 0 Å². The predicted octanol–water partition coefficient (Wildman–Crippen LogP) is 4.71. The molecular formula is C22H24F3N3O2. The Morgan fingerprint density at radius 3 is 2.60 bits per heavy atom. The Hall–Kier alpha value is -3.00. The minimum Gasteiger partial charge on any atom is -0.405 e. The summed E-state index contributed by atoms with van der Waals surface area (Å²) in [7, 11) is 2.03. The molecule has 1 atom stereocenters. The molecule has 3 rings (SSSR count). The maximum atomic E-state index is 12.6. The summed E-state index contributed by atoms with van der Waals surface area (Å²) in [6.07, 6.45) is -4.06. The number of alkyl halides is 3. The molecular weight excluding hydrogens is 395 g/mol. The van der Waals surface area contributed by atoms with Gasteiger partial charge >= 0.3 is 6.36 Å². The van der Waals surface area contributed by atoms with E-state index in [-0.39, 0.29) is 28.8 Å². The van der Waals surface area contributed by atoms with E-state index >= 15 is 0 Å². The van der Waals surface area contributed by atoms with Crippen molar-refractivity contribution in [2.45, 2.75) is 32.3 Å². The van der Waals surface area contributed by atoms with Crippen LogP contribution in [0.25, 0.3) is 10.9 Å². The van der Waals surface area contributed by atoms with Crippen molar-refractivity contribution in [1.29, 1.82) is 0 Å². The fraction of sp³-hybridized carbons (Fsp3) is 0.318. The third-order valence-corrected chi connectivity index (χ3v) is 4.97. The molecule has 0 aliphatic heterocycles. The molecule has 0 spiro atoms. The van der Waals surface area contributed by atoms with Crippen molar-refractivity contribution >= 4 is 16.8 Å². The summed E-state index contributed by atoms with van der Waals surface area (Å²) in [6, 6.07) is 16.0. The molecule has 0 radical (unpaired) electrons. The van der Waals surface area contributed by atoms with Crippen molar-refractivity contribution in [3.63, 3.8) is 0 Å². The van der Waals surface area contributed by atoms with E-state index in [0.29, 0.717) is 12.1 Å². The Morgan fingerprint density at radius 1 is 1.17 bits per heavy atom. The van der Waals surface area contributed by atoms with Crippen LogP contribution in [0.2, 0.25) is 0 Å². The molecule has 1 aromatic heterocycles. The van der Waals surface area contributed by atoms with Gasteiger partial charge in [-0.1, -0.05) is 36.4 Å². The normalized spacial score (nSPS) is 12.9. The van der Waals surface area contributed by atoms with Gasteiger partial charge in [0.25, 0.3) is 5.91 Å². The maximum Gasteiger partial charge on any atom is 0.573 e. The largest absolute Gasteiger partial charge is 0.573 e. The van der Waals surface area contributed by atoms with Gasteiger partial charge in [-0.3, -0.25) is 9.69 Å². The Morgan fingerprint density at radius 2 is 1.90 bits per heavy atom. The highest BCUT2D eigenvalue weighted by molar-refractivity contribution is 5.99. The van der Waals surface area contributed by atoms with Gasteiger partial charge in [0.05, 0.1) is 0 Å². The summed E-state index contributed by atoms with van der Waals surface area (Å²) >= 11 is 0. The number of amides is 1. The average molecular weight is 419 g/mol. The number of halogens is 3. The van der Waals surface area contributed by atoms with Gasteiger partial charge in [0.1, 0.15) is 11.4 Å². The highest BCUT2D eigenvalue weighted by Gasteiger charge is 2.32. The van der Waals surface area contributed by atoms with Crippen LogP contribution in [0.4, 0.5) is 13.2 Å². The molecule has 8 heteroatoms. The molecule has 1 amide bonds. The summed E-state index contributed by atoms with van der Waals surface area (Å²) in [4.78, 5) is 17.5. The number of carbonyl (C=O) groups excluding carboxylic acids is 1. The Balaban J connectivity index is 1.56. The molecule has 160 valence electrons. The van der Waals surface area contributed by atoms with Crippen molar-refractivity contribution in [3.05, 3.63) is 65.9 Å². The number of carbonyl (C=O) groups is 1. The van der Waals surface area contributed by atoms with Crippen LogP contribution in [0.1, 0.15) is 29.4 Å². The van der Waals surface area contributed by atoms with E-state index in [1.165, 1.54) is 23.8 Å². The molecule has 5 nitrogen and oxygen atoms in total. The molecule has 2 aromatic carbocycles. The first kappa shape index (κ1) is 21.7. The first-order valence-electron chi connectivity index (χ1n) is 9.63. The number of rotatable bonds is 8. The summed E-state index contributed by atoms with van der Waals surface area (Å²) in [6.45, 7) is 3.33. The van der Waals surface area contributed by atoms with Crippen molar-refractivity contribution in [2.24, 2.45) is 0 Å². The minimum absolute atomic E-state index is 0.188. The molecule has 2 N–H and O–H groups in total. The quantitative estimate of drug-likeness (QED) is 0.556. The number of nitrogens with one attached hydrogen (secondary N) is 2. The molecule has 0 saturated carbocycles. The number of aromatic nitrogens is 1. The Bertz CT molecular complexity index is 986. The summed E-state index contributed by atoms with van der Waals surface area (Å²) < 4.78 is 41.7. The zero-order chi connectivity index (χ0) is 21.7. The number of hydrogen-bond donors (Lipinski definition) is 2. The fourth-order valence-corrected chi connectivity index (χ4v) is 3.20. The lowest BCUT2D eigenvalue weighted by Gasteiger charge is -2.24. The maximum absolute atomic E-state index is 12.6. The van der Waals surface area contributed by atoms with Crippen molar-refractivity contribution in [2.75, 3.05) is 13.6 Å². The first-order chi connectivity index (χ1) is 14.2. The van der Waals surface area contributed by atoms with Crippen LogP contribution < -0.4 is 10.1 Å². The second kappa shape index (κ2) is 9.21. The third-order valence-electron chi connectivity index (χ3n) is 4.97. The number of benzene rings is 2. The molecule has 0 saturated heterocycles. The molecule has 0 fully saturated rings. The predicted molar refractivity (Wildman–Crippen MR) is 109 cm³/mol. The topological polar surface area (TPSA) is 57.4 Å². The number of fused-ring (bicyclic) bond motifs is 1. The Labute approximate surface area is 172 Å². The lowest BCUT2D eigenvalue weighted by molar-refractivity contribution is -0.274. The van der Waals surface area contributed by atoms with Gasteiger partial charge in [-0.05, 0) is 44.2 Å². The average Bonchev–Trinajstić information content (AvgIpc) is 3.13. The number of hydrogen-bond acceptors (Lipinski definition) is 3. The van der Waals surface area contributed by atoms with Crippen molar-refractivity contribution in [1.82, 2.24) is 15.2 Å². The van der Waals surface area contributed by atoms with Gasteiger partial charge in [0.15, 0.2) is 0 Å². The lowest BCUT2D eigenvalue weighted by Crippen LogP contribution is -2.33. The van der Waals surface area contributed by atoms with Crippen LogP contribution in [0.15, 0.2) is 54.6 Å². The second-order valence-electron chi connectivity index (χ2n) is 7.24. The fourth-order valence-electron chi connectivity index (χ4n) is 3.20. The number of nitrogens with zero attached hydrogens (tertiary/aromatic N) is 1. The van der Waals surface area contributed by atoms with Crippen LogP contribution in [0.3, 0.4) is 0 Å². The van der Waals surface area contributed by atoms with E-state index in [1.807, 2.05) is 25.2 Å². The zero-order valence-corrected chi connectivity index (χ0v) is 16.8. The van der Waals surface area contributed by atoms with E-state index in [0.717, 1.165) is 13.0 Å². The van der Waals surface area contributed by atoms with E-state index < -0.39 is 6.36 Å². The molecule has 1 unspecified atom stereocenters. The Kier molecular flexibility index (Phi) is 6.66. The van der Waals surface area contributed by atoms with Gasteiger partial charge in [-0.25, -0.2) is 0 Å². The van der Waals surface area contributed by atoms with Crippen molar-refractivity contribution < 1.29 is 22.7 Å². The summed E-state index contributed by atoms with van der Waals surface area (Å²) in [5.41, 5.74) is 1.80. The van der Waals surface area contributed by atoms with Crippen molar-refractivity contribution in [3.8, 4) is 5.75 Å². The molecule has 0 bridgehead atoms. The minimum atomic E-state index is -4.80. The van der Waals surface area contributed by atoms with Crippen LogP contribution in [-0.2, 0) is 6.54 Å². The number of H-pyrrole nitrogens is 1. The lowest BCUT2D eigenvalue weighted by atomic mass is 10.1. The summed E-state index contributed by atoms with van der Waals surface area (Å²) in [5, 5.41) is 3.02. The highest BCUT2D eigenvalue weighted by Crippen LogP contribution is 2.31. The molecule has 0 aliphatic carbocycles. The molecule has 0 aliphatic rings. The van der Waals surface area contributed by atoms with E-state index in [2.05, 4.69) is 39.0 Å². The third kappa shape index (κ3) is 5.76. The van der Waals surface area contributed by atoms with E-state index in [1.54, 1.807) is 6.07 Å². The molecule has 1 heterocycles. The number of ether oxygens (including phenoxy) is 1. The van der Waals surface area contributed by atoms with Gasteiger partial charge < -0.3 is 15.0 Å². The van der Waals surface area contributed by atoms with Crippen LogP contribution >= 0.6 is 0 Å². The van der Waals surface area contributed by atoms with Gasteiger partial charge in [0.2, 0.25) is 0 Å². The van der Waals surface area contributed by atoms with Crippen LogP contribution in [-0.4, -0.2) is 41.8 Å². The van der Waals surface area contributed by atoms with E-state index in [9.17, 15) is 18.0 Å². The SMILES string of the molecule is CC(CCNC(=O)c1cc2c(OC(F)(F)F)cccc2[nH]1)N(C)Cc1ccccc1. The van der Waals surface area contributed by atoms with Gasteiger partial charge in [-0.15, -0.1) is 13.2 Å². The smallest absolute Gasteiger partial charge is 0.405 e. The van der Waals surface area contributed by atoms with Crippen LogP contribution in [0.5, 0.6) is 5.75 Å². The zero-order valence-electron chi connectivity index (χ0n) is 16.8. The monoisotopic (exact) mass is 419 g/mol. The van der Waals surface area contributed by atoms with Gasteiger partial charge in [0, 0.05) is 30.0 Å². The van der Waals surface area contributed by atoms with Gasteiger partial charge in [-0.2, -0.15) is 0 Å².